The van der Waals surface area contributed by atoms with Gasteiger partial charge in [0.1, 0.15) is 5.75 Å². The summed E-state index contributed by atoms with van der Waals surface area (Å²) in [4.78, 5) is 24.1. The average molecular weight is 445 g/mol. The van der Waals surface area contributed by atoms with Crippen molar-refractivity contribution in [1.29, 1.82) is 0 Å². The van der Waals surface area contributed by atoms with E-state index in [1.165, 1.54) is 5.56 Å². The molecule has 0 spiro atoms. The highest BCUT2D eigenvalue weighted by atomic mass is 16.5. The van der Waals surface area contributed by atoms with Crippen LogP contribution in [-0.2, 0) is 9.59 Å². The number of aryl methyl sites for hydroxylation is 3. The third-order valence-electron chi connectivity index (χ3n) is 5.03. The van der Waals surface area contributed by atoms with Gasteiger partial charge in [-0.05, 0) is 85.5 Å². The number of nitrogens with zero attached hydrogens (tertiary/aromatic N) is 1. The van der Waals surface area contributed by atoms with E-state index < -0.39 is 0 Å². The van der Waals surface area contributed by atoms with Crippen LogP contribution in [0.25, 0.3) is 0 Å². The molecule has 7 heteroatoms. The zero-order valence-electron chi connectivity index (χ0n) is 19.0. The highest BCUT2D eigenvalue weighted by Gasteiger charge is 2.05. The van der Waals surface area contributed by atoms with Crippen molar-refractivity contribution in [3.63, 3.8) is 0 Å². The number of ether oxygens (including phenoxy) is 1. The van der Waals surface area contributed by atoms with E-state index in [1.807, 2.05) is 63.2 Å². The van der Waals surface area contributed by atoms with Crippen LogP contribution in [0.3, 0.4) is 0 Å². The van der Waals surface area contributed by atoms with Crippen molar-refractivity contribution in [2.24, 2.45) is 5.10 Å². The molecule has 3 aromatic rings. The van der Waals surface area contributed by atoms with Crippen molar-refractivity contribution in [3.8, 4) is 5.75 Å². The average Bonchev–Trinajstić information content (AvgIpc) is 2.81. The molecule has 0 atom stereocenters. The Morgan fingerprint density at radius 1 is 0.879 bits per heavy atom. The topological polar surface area (TPSA) is 91.8 Å². The second kappa shape index (κ2) is 11.5. The molecular weight excluding hydrogens is 416 g/mol. The van der Waals surface area contributed by atoms with Crippen LogP contribution in [0.15, 0.2) is 71.8 Å². The Morgan fingerprint density at radius 2 is 1.64 bits per heavy atom. The van der Waals surface area contributed by atoms with Gasteiger partial charge in [0.25, 0.3) is 11.8 Å². The van der Waals surface area contributed by atoms with Gasteiger partial charge in [0.2, 0.25) is 0 Å². The van der Waals surface area contributed by atoms with Gasteiger partial charge in [0.15, 0.2) is 6.61 Å². The first kappa shape index (κ1) is 23.5. The minimum absolute atomic E-state index is 0.0919. The van der Waals surface area contributed by atoms with Crippen molar-refractivity contribution >= 4 is 29.4 Å². The number of para-hydroxylation sites is 1. The number of hydrogen-bond donors (Lipinski definition) is 3. The SMILES string of the molecule is Cc1ccc(NCC(=O)N/N=C\c2ccc(OCC(=O)Nc3ccccc3C)cc2)cc1C. The Balaban J connectivity index is 1.40. The smallest absolute Gasteiger partial charge is 0.262 e. The van der Waals surface area contributed by atoms with Crippen LogP contribution in [-0.4, -0.2) is 31.2 Å². The third-order valence-corrected chi connectivity index (χ3v) is 5.03. The van der Waals surface area contributed by atoms with Crippen LogP contribution in [0.2, 0.25) is 0 Å². The highest BCUT2D eigenvalue weighted by Crippen LogP contribution is 2.15. The zero-order chi connectivity index (χ0) is 23.6. The molecule has 0 saturated carbocycles. The first-order valence-electron chi connectivity index (χ1n) is 10.6. The van der Waals surface area contributed by atoms with Crippen LogP contribution in [0.4, 0.5) is 11.4 Å². The predicted octanol–water partition coefficient (Wildman–Crippen LogP) is 4.19. The molecule has 0 radical (unpaired) electrons. The number of anilines is 2. The van der Waals surface area contributed by atoms with Crippen molar-refractivity contribution in [2.45, 2.75) is 20.8 Å². The minimum Gasteiger partial charge on any atom is -0.484 e. The van der Waals surface area contributed by atoms with E-state index in [-0.39, 0.29) is 25.0 Å². The highest BCUT2D eigenvalue weighted by molar-refractivity contribution is 5.92. The van der Waals surface area contributed by atoms with Crippen molar-refractivity contribution in [1.82, 2.24) is 5.43 Å². The molecular formula is C26H28N4O3. The van der Waals surface area contributed by atoms with Gasteiger partial charge in [-0.2, -0.15) is 5.10 Å². The number of carbonyl (C=O) groups excluding carboxylic acids is 2. The van der Waals surface area contributed by atoms with Gasteiger partial charge in [-0.15, -0.1) is 0 Å². The van der Waals surface area contributed by atoms with Gasteiger partial charge in [-0.25, -0.2) is 5.43 Å². The Morgan fingerprint density at radius 3 is 2.36 bits per heavy atom. The summed E-state index contributed by atoms with van der Waals surface area (Å²) in [6, 6.07) is 20.6. The molecule has 3 rings (SSSR count). The van der Waals surface area contributed by atoms with Crippen LogP contribution < -0.4 is 20.8 Å². The third kappa shape index (κ3) is 7.50. The number of hydrogen-bond acceptors (Lipinski definition) is 5. The van der Waals surface area contributed by atoms with E-state index in [0.717, 1.165) is 28.1 Å². The standard InChI is InChI=1S/C26H28N4O3/c1-18-8-11-22(14-20(18)3)27-16-25(31)30-28-15-21-9-12-23(13-10-21)33-17-26(32)29-24-7-5-4-6-19(24)2/h4-15,27H,16-17H2,1-3H3,(H,29,32)(H,30,31)/b28-15-. The lowest BCUT2D eigenvalue weighted by Gasteiger charge is -2.09. The second-order valence-electron chi connectivity index (χ2n) is 7.67. The van der Waals surface area contributed by atoms with Crippen LogP contribution in [0.1, 0.15) is 22.3 Å². The molecule has 0 aliphatic heterocycles. The summed E-state index contributed by atoms with van der Waals surface area (Å²) in [7, 11) is 0. The number of nitrogens with one attached hydrogen (secondary N) is 3. The first-order chi connectivity index (χ1) is 15.9. The van der Waals surface area contributed by atoms with Gasteiger partial charge in [0.05, 0.1) is 12.8 Å². The summed E-state index contributed by atoms with van der Waals surface area (Å²) in [5.74, 6) is 0.0878. The molecule has 0 bridgehead atoms. The molecule has 33 heavy (non-hydrogen) atoms. The summed E-state index contributed by atoms with van der Waals surface area (Å²) < 4.78 is 5.53. The molecule has 170 valence electrons. The van der Waals surface area contributed by atoms with Crippen molar-refractivity contribution in [3.05, 3.63) is 89.0 Å². The van der Waals surface area contributed by atoms with Crippen molar-refractivity contribution < 1.29 is 14.3 Å². The Kier molecular flexibility index (Phi) is 8.18. The Hall–Kier alpha value is -4.13. The lowest BCUT2D eigenvalue weighted by atomic mass is 10.1. The maximum absolute atomic E-state index is 12.1. The van der Waals surface area contributed by atoms with Gasteiger partial charge < -0.3 is 15.4 Å². The largest absolute Gasteiger partial charge is 0.484 e. The first-order valence-corrected chi connectivity index (χ1v) is 10.6. The number of rotatable bonds is 9. The molecule has 0 unspecified atom stereocenters. The summed E-state index contributed by atoms with van der Waals surface area (Å²) in [5.41, 5.74) is 8.29. The molecule has 2 amide bonds. The van der Waals surface area contributed by atoms with Crippen LogP contribution in [0.5, 0.6) is 5.75 Å². The van der Waals surface area contributed by atoms with E-state index >= 15 is 0 Å². The van der Waals surface area contributed by atoms with Gasteiger partial charge in [-0.1, -0.05) is 24.3 Å². The lowest BCUT2D eigenvalue weighted by Crippen LogP contribution is -2.25. The van der Waals surface area contributed by atoms with Crippen LogP contribution >= 0.6 is 0 Å². The number of carbonyl (C=O) groups is 2. The fourth-order valence-corrected chi connectivity index (χ4v) is 2.95. The molecule has 3 N–H and O–H groups in total. The number of benzene rings is 3. The Labute approximate surface area is 193 Å². The molecule has 0 saturated heterocycles. The normalized spacial score (nSPS) is 10.6. The zero-order valence-corrected chi connectivity index (χ0v) is 19.0. The van der Waals surface area contributed by atoms with E-state index in [9.17, 15) is 9.59 Å². The molecule has 0 aromatic heterocycles. The van der Waals surface area contributed by atoms with E-state index in [2.05, 4.69) is 21.2 Å². The lowest BCUT2D eigenvalue weighted by molar-refractivity contribution is -0.119. The van der Waals surface area contributed by atoms with Crippen molar-refractivity contribution in [2.75, 3.05) is 23.8 Å². The summed E-state index contributed by atoms with van der Waals surface area (Å²) in [6.07, 6.45) is 1.54. The molecule has 0 fully saturated rings. The molecule has 0 heterocycles. The summed E-state index contributed by atoms with van der Waals surface area (Å²) >= 11 is 0. The van der Waals surface area contributed by atoms with Gasteiger partial charge in [0, 0.05) is 11.4 Å². The summed E-state index contributed by atoms with van der Waals surface area (Å²) in [5, 5.41) is 9.88. The molecule has 0 aliphatic carbocycles. The number of hydrazone groups is 1. The van der Waals surface area contributed by atoms with Crippen LogP contribution in [0, 0.1) is 20.8 Å². The fraction of sp³-hybridized carbons (Fsp3) is 0.192. The molecule has 0 aliphatic rings. The molecule has 7 nitrogen and oxygen atoms in total. The minimum atomic E-state index is -0.246. The van der Waals surface area contributed by atoms with E-state index in [4.69, 9.17) is 4.74 Å². The monoisotopic (exact) mass is 444 g/mol. The second-order valence-corrected chi connectivity index (χ2v) is 7.67. The Bertz CT molecular complexity index is 1140. The van der Waals surface area contributed by atoms with E-state index in [1.54, 1.807) is 30.5 Å². The maximum atomic E-state index is 12.1. The quantitative estimate of drug-likeness (QED) is 0.341. The summed E-state index contributed by atoms with van der Waals surface area (Å²) in [6.45, 7) is 6.04. The van der Waals surface area contributed by atoms with Gasteiger partial charge >= 0.3 is 0 Å². The van der Waals surface area contributed by atoms with Gasteiger partial charge in [-0.3, -0.25) is 9.59 Å². The maximum Gasteiger partial charge on any atom is 0.262 e. The molecule has 3 aromatic carbocycles. The number of amides is 2. The predicted molar refractivity (Wildman–Crippen MR) is 132 cm³/mol. The van der Waals surface area contributed by atoms with E-state index in [0.29, 0.717) is 5.75 Å². The fourth-order valence-electron chi connectivity index (χ4n) is 2.95.